The van der Waals surface area contributed by atoms with Gasteiger partial charge in [0.1, 0.15) is 0 Å². The van der Waals surface area contributed by atoms with E-state index in [1.807, 2.05) is 0 Å². The van der Waals surface area contributed by atoms with Crippen LogP contribution in [0.5, 0.6) is 0 Å². The standard InChI is InChI=1S/C14H17N3S/c1-2-4-13-12(3-1)16-14(18-13)15-10-7-8-17(9-10)11-5-6-11/h1-4,10-11H,5-9H2,(H,15,16)/t10-/m1/s1. The first kappa shape index (κ1) is 10.8. The van der Waals surface area contributed by atoms with E-state index >= 15 is 0 Å². The van der Waals surface area contributed by atoms with Gasteiger partial charge in [-0.2, -0.15) is 0 Å². The first-order valence-electron chi connectivity index (χ1n) is 6.75. The van der Waals surface area contributed by atoms with Crippen molar-refractivity contribution in [3.63, 3.8) is 0 Å². The van der Waals surface area contributed by atoms with Crippen LogP contribution in [-0.2, 0) is 0 Å². The lowest BCUT2D eigenvalue weighted by molar-refractivity contribution is 0.326. The summed E-state index contributed by atoms with van der Waals surface area (Å²) < 4.78 is 1.28. The minimum atomic E-state index is 0.589. The normalized spacial score (nSPS) is 24.8. The van der Waals surface area contributed by atoms with E-state index in [0.717, 1.165) is 16.7 Å². The third kappa shape index (κ3) is 1.99. The van der Waals surface area contributed by atoms with Crippen LogP contribution in [0, 0.1) is 0 Å². The van der Waals surface area contributed by atoms with Crippen molar-refractivity contribution < 1.29 is 0 Å². The highest BCUT2D eigenvalue weighted by Gasteiger charge is 2.34. The highest BCUT2D eigenvalue weighted by atomic mass is 32.1. The van der Waals surface area contributed by atoms with E-state index in [0.29, 0.717) is 6.04 Å². The number of anilines is 1. The summed E-state index contributed by atoms with van der Waals surface area (Å²) in [4.78, 5) is 7.28. The van der Waals surface area contributed by atoms with Gasteiger partial charge in [-0.3, -0.25) is 4.90 Å². The van der Waals surface area contributed by atoms with Crippen molar-refractivity contribution in [2.75, 3.05) is 18.4 Å². The van der Waals surface area contributed by atoms with Gasteiger partial charge in [-0.05, 0) is 31.4 Å². The van der Waals surface area contributed by atoms with Gasteiger partial charge in [0.15, 0.2) is 5.13 Å². The maximum Gasteiger partial charge on any atom is 0.184 e. The molecule has 1 aliphatic carbocycles. The Morgan fingerprint density at radius 2 is 2.11 bits per heavy atom. The molecule has 2 aromatic rings. The molecular weight excluding hydrogens is 242 g/mol. The average Bonchev–Trinajstić information content (AvgIpc) is 2.99. The van der Waals surface area contributed by atoms with Crippen LogP contribution < -0.4 is 5.32 Å². The van der Waals surface area contributed by atoms with Gasteiger partial charge in [-0.25, -0.2) is 4.98 Å². The molecule has 94 valence electrons. The zero-order valence-corrected chi connectivity index (χ0v) is 11.1. The van der Waals surface area contributed by atoms with Crippen LogP contribution >= 0.6 is 11.3 Å². The topological polar surface area (TPSA) is 28.2 Å². The van der Waals surface area contributed by atoms with Gasteiger partial charge in [0.25, 0.3) is 0 Å². The van der Waals surface area contributed by atoms with E-state index in [9.17, 15) is 0 Å². The molecule has 1 atom stereocenters. The van der Waals surface area contributed by atoms with Crippen molar-refractivity contribution in [3.8, 4) is 0 Å². The monoisotopic (exact) mass is 259 g/mol. The van der Waals surface area contributed by atoms with Gasteiger partial charge in [0, 0.05) is 25.2 Å². The van der Waals surface area contributed by atoms with Crippen LogP contribution in [-0.4, -0.2) is 35.1 Å². The number of nitrogens with zero attached hydrogens (tertiary/aromatic N) is 2. The third-order valence-electron chi connectivity index (χ3n) is 3.90. The molecule has 1 saturated heterocycles. The Morgan fingerprint density at radius 1 is 1.22 bits per heavy atom. The minimum Gasteiger partial charge on any atom is -0.357 e. The maximum atomic E-state index is 4.65. The van der Waals surface area contributed by atoms with Crippen molar-refractivity contribution >= 4 is 26.7 Å². The molecule has 4 heteroatoms. The molecule has 2 fully saturated rings. The summed E-state index contributed by atoms with van der Waals surface area (Å²) in [6.07, 6.45) is 4.08. The van der Waals surface area contributed by atoms with E-state index in [1.54, 1.807) is 11.3 Å². The van der Waals surface area contributed by atoms with E-state index < -0.39 is 0 Å². The molecule has 0 amide bonds. The van der Waals surface area contributed by atoms with Crippen LogP contribution in [0.1, 0.15) is 19.3 Å². The number of likely N-dealkylation sites (tertiary alicyclic amines) is 1. The van der Waals surface area contributed by atoms with Gasteiger partial charge in [0.2, 0.25) is 0 Å². The molecule has 2 aliphatic rings. The average molecular weight is 259 g/mol. The highest BCUT2D eigenvalue weighted by Crippen LogP contribution is 2.32. The Morgan fingerprint density at radius 3 is 2.94 bits per heavy atom. The van der Waals surface area contributed by atoms with Crippen LogP contribution in [0.2, 0.25) is 0 Å². The number of para-hydroxylation sites is 1. The van der Waals surface area contributed by atoms with Gasteiger partial charge < -0.3 is 5.32 Å². The van der Waals surface area contributed by atoms with Gasteiger partial charge >= 0.3 is 0 Å². The van der Waals surface area contributed by atoms with E-state index in [-0.39, 0.29) is 0 Å². The summed E-state index contributed by atoms with van der Waals surface area (Å²) >= 11 is 1.77. The molecule has 0 unspecified atom stereocenters. The van der Waals surface area contributed by atoms with Gasteiger partial charge in [0.05, 0.1) is 10.2 Å². The fourth-order valence-electron chi connectivity index (χ4n) is 2.79. The summed E-state index contributed by atoms with van der Waals surface area (Å²) in [5, 5.41) is 4.69. The largest absolute Gasteiger partial charge is 0.357 e. The zero-order valence-electron chi connectivity index (χ0n) is 10.3. The number of aromatic nitrogens is 1. The fraction of sp³-hybridized carbons (Fsp3) is 0.500. The number of fused-ring (bicyclic) bond motifs is 1. The summed E-state index contributed by atoms with van der Waals surface area (Å²) in [5.74, 6) is 0. The molecule has 18 heavy (non-hydrogen) atoms. The Labute approximate surface area is 111 Å². The Hall–Kier alpha value is -1.13. The number of hydrogen-bond acceptors (Lipinski definition) is 4. The first-order chi connectivity index (χ1) is 8.88. The smallest absolute Gasteiger partial charge is 0.184 e. The van der Waals surface area contributed by atoms with E-state index in [2.05, 4.69) is 39.5 Å². The van der Waals surface area contributed by atoms with Crippen molar-refractivity contribution in [2.24, 2.45) is 0 Å². The minimum absolute atomic E-state index is 0.589. The summed E-state index contributed by atoms with van der Waals surface area (Å²) in [7, 11) is 0. The molecule has 1 aliphatic heterocycles. The van der Waals surface area contributed by atoms with E-state index in [4.69, 9.17) is 0 Å². The van der Waals surface area contributed by atoms with Crippen molar-refractivity contribution in [1.82, 2.24) is 9.88 Å². The van der Waals surface area contributed by atoms with Crippen molar-refractivity contribution in [1.29, 1.82) is 0 Å². The molecule has 4 rings (SSSR count). The Balaban J connectivity index is 1.47. The predicted octanol–water partition coefficient (Wildman–Crippen LogP) is 2.94. The lowest BCUT2D eigenvalue weighted by Gasteiger charge is -2.15. The quantitative estimate of drug-likeness (QED) is 0.918. The van der Waals surface area contributed by atoms with Gasteiger partial charge in [-0.1, -0.05) is 23.5 Å². The SMILES string of the molecule is c1ccc2sc(N[C@@H]3CCN(C4CC4)C3)nc2c1. The second-order valence-electron chi connectivity index (χ2n) is 5.34. The zero-order chi connectivity index (χ0) is 11.9. The van der Waals surface area contributed by atoms with Crippen LogP contribution in [0.15, 0.2) is 24.3 Å². The number of thiazole rings is 1. The first-order valence-corrected chi connectivity index (χ1v) is 7.56. The molecular formula is C14H17N3S. The number of rotatable bonds is 3. The molecule has 1 aromatic heterocycles. The number of nitrogens with one attached hydrogen (secondary N) is 1. The molecule has 0 spiro atoms. The van der Waals surface area contributed by atoms with Crippen molar-refractivity contribution in [3.05, 3.63) is 24.3 Å². The predicted molar refractivity (Wildman–Crippen MR) is 76.2 cm³/mol. The molecule has 0 bridgehead atoms. The maximum absolute atomic E-state index is 4.65. The molecule has 1 saturated carbocycles. The summed E-state index contributed by atoms with van der Waals surface area (Å²) in [5.41, 5.74) is 1.11. The molecule has 0 radical (unpaired) electrons. The molecule has 3 nitrogen and oxygen atoms in total. The molecule has 1 aromatic carbocycles. The fourth-order valence-corrected chi connectivity index (χ4v) is 3.73. The van der Waals surface area contributed by atoms with Crippen LogP contribution in [0.3, 0.4) is 0 Å². The lowest BCUT2D eigenvalue weighted by atomic mass is 10.3. The second kappa shape index (κ2) is 4.21. The summed E-state index contributed by atoms with van der Waals surface area (Å²) in [6, 6.07) is 9.84. The molecule has 2 heterocycles. The highest BCUT2D eigenvalue weighted by molar-refractivity contribution is 7.22. The number of benzene rings is 1. The lowest BCUT2D eigenvalue weighted by Crippen LogP contribution is -2.27. The molecule has 1 N–H and O–H groups in total. The van der Waals surface area contributed by atoms with Crippen LogP contribution in [0.4, 0.5) is 5.13 Å². The summed E-state index contributed by atoms with van der Waals surface area (Å²) in [6.45, 7) is 2.45. The third-order valence-corrected chi connectivity index (χ3v) is 4.87. The van der Waals surface area contributed by atoms with E-state index in [1.165, 1.54) is 37.1 Å². The second-order valence-corrected chi connectivity index (χ2v) is 6.37. The van der Waals surface area contributed by atoms with Crippen LogP contribution in [0.25, 0.3) is 10.2 Å². The number of hydrogen-bond donors (Lipinski definition) is 1. The Kier molecular flexibility index (Phi) is 2.52. The Bertz CT molecular complexity index is 528. The van der Waals surface area contributed by atoms with Gasteiger partial charge in [-0.15, -0.1) is 0 Å². The van der Waals surface area contributed by atoms with Crippen molar-refractivity contribution in [2.45, 2.75) is 31.3 Å².